The van der Waals surface area contributed by atoms with E-state index in [9.17, 15) is 0 Å². The molecule has 1 fully saturated rings. The lowest BCUT2D eigenvalue weighted by molar-refractivity contribution is 0.232. The van der Waals surface area contributed by atoms with Crippen LogP contribution in [0.4, 0.5) is 0 Å². The van der Waals surface area contributed by atoms with Crippen LogP contribution in [0.15, 0.2) is 6.20 Å². The van der Waals surface area contributed by atoms with Gasteiger partial charge in [-0.15, -0.1) is 0 Å². The van der Waals surface area contributed by atoms with Gasteiger partial charge in [-0.05, 0) is 32.2 Å². The molecule has 2 rings (SSSR count). The molecule has 1 N–H and O–H groups in total. The normalized spacial score (nSPS) is 18.9. The highest BCUT2D eigenvalue weighted by atomic mass is 15.3. The van der Waals surface area contributed by atoms with E-state index in [1.807, 2.05) is 17.9 Å². The Morgan fingerprint density at radius 2 is 2.33 bits per heavy atom. The monoisotopic (exact) mass is 207 g/mol. The van der Waals surface area contributed by atoms with Gasteiger partial charge in [0, 0.05) is 24.3 Å². The number of nitrogens with zero attached hydrogens (tertiary/aromatic N) is 2. The van der Waals surface area contributed by atoms with Crippen LogP contribution in [-0.2, 0) is 7.05 Å². The van der Waals surface area contributed by atoms with Gasteiger partial charge in [0.2, 0.25) is 0 Å². The van der Waals surface area contributed by atoms with Crippen LogP contribution in [0.1, 0.15) is 43.5 Å². The van der Waals surface area contributed by atoms with E-state index in [1.54, 1.807) is 0 Å². The van der Waals surface area contributed by atoms with Crippen LogP contribution >= 0.6 is 0 Å². The first-order chi connectivity index (χ1) is 7.24. The van der Waals surface area contributed by atoms with E-state index in [0.717, 1.165) is 12.5 Å². The Bertz CT molecular complexity index is 326. The molecule has 1 unspecified atom stereocenters. The quantitative estimate of drug-likeness (QED) is 0.820. The van der Waals surface area contributed by atoms with Crippen molar-refractivity contribution in [3.8, 4) is 0 Å². The van der Waals surface area contributed by atoms with Crippen molar-refractivity contribution in [2.75, 3.05) is 6.54 Å². The number of rotatable bonds is 4. The third-order valence-corrected chi connectivity index (χ3v) is 3.65. The second kappa shape index (κ2) is 4.35. The van der Waals surface area contributed by atoms with Crippen LogP contribution in [-0.4, -0.2) is 16.3 Å². The topological polar surface area (TPSA) is 29.9 Å². The smallest absolute Gasteiger partial charge is 0.0540 e. The molecule has 0 bridgehead atoms. The lowest BCUT2D eigenvalue weighted by Gasteiger charge is -2.34. The van der Waals surface area contributed by atoms with Crippen molar-refractivity contribution >= 4 is 0 Å². The Hall–Kier alpha value is -0.830. The molecule has 0 amide bonds. The Balaban J connectivity index is 2.19. The van der Waals surface area contributed by atoms with Crippen LogP contribution in [0.2, 0.25) is 0 Å². The fourth-order valence-corrected chi connectivity index (χ4v) is 2.34. The van der Waals surface area contributed by atoms with Crippen molar-refractivity contribution in [3.63, 3.8) is 0 Å². The van der Waals surface area contributed by atoms with Gasteiger partial charge in [-0.25, -0.2) is 0 Å². The molecule has 15 heavy (non-hydrogen) atoms. The molecule has 3 heteroatoms. The van der Waals surface area contributed by atoms with E-state index < -0.39 is 0 Å². The Labute approximate surface area is 91.9 Å². The van der Waals surface area contributed by atoms with E-state index in [-0.39, 0.29) is 0 Å². The van der Waals surface area contributed by atoms with Gasteiger partial charge >= 0.3 is 0 Å². The fraction of sp³-hybridized carbons (Fsp3) is 0.750. The minimum atomic E-state index is 0.525. The number of hydrogen-bond acceptors (Lipinski definition) is 2. The Morgan fingerprint density at radius 3 is 2.73 bits per heavy atom. The van der Waals surface area contributed by atoms with Gasteiger partial charge in [0.25, 0.3) is 0 Å². The summed E-state index contributed by atoms with van der Waals surface area (Å²) in [6, 6.07) is 0.525. The van der Waals surface area contributed by atoms with Crippen molar-refractivity contribution < 1.29 is 0 Å². The molecule has 3 nitrogen and oxygen atoms in total. The van der Waals surface area contributed by atoms with Gasteiger partial charge < -0.3 is 5.32 Å². The maximum atomic E-state index is 4.34. The molecule has 1 atom stereocenters. The van der Waals surface area contributed by atoms with Crippen molar-refractivity contribution in [1.82, 2.24) is 15.1 Å². The SMILES string of the molecule is CCNC(c1cnn(C)c1C)C1CCC1. The summed E-state index contributed by atoms with van der Waals surface area (Å²) in [5, 5.41) is 7.94. The van der Waals surface area contributed by atoms with E-state index in [0.29, 0.717) is 6.04 Å². The number of nitrogens with one attached hydrogen (secondary N) is 1. The minimum Gasteiger partial charge on any atom is -0.310 e. The lowest BCUT2D eigenvalue weighted by atomic mass is 9.77. The first-order valence-corrected chi connectivity index (χ1v) is 5.96. The summed E-state index contributed by atoms with van der Waals surface area (Å²) in [5.41, 5.74) is 2.69. The molecule has 1 aliphatic carbocycles. The molecule has 1 saturated carbocycles. The second-order valence-electron chi connectivity index (χ2n) is 4.54. The van der Waals surface area contributed by atoms with Crippen LogP contribution in [0.25, 0.3) is 0 Å². The molecule has 1 aliphatic rings. The Morgan fingerprint density at radius 1 is 1.60 bits per heavy atom. The highest BCUT2D eigenvalue weighted by Crippen LogP contribution is 2.38. The van der Waals surface area contributed by atoms with Gasteiger partial charge in [-0.3, -0.25) is 4.68 Å². The van der Waals surface area contributed by atoms with Crippen molar-refractivity contribution in [3.05, 3.63) is 17.5 Å². The Kier molecular flexibility index (Phi) is 3.10. The second-order valence-corrected chi connectivity index (χ2v) is 4.54. The summed E-state index contributed by atoms with van der Waals surface area (Å²) in [4.78, 5) is 0. The van der Waals surface area contributed by atoms with E-state index in [2.05, 4.69) is 24.3 Å². The number of hydrogen-bond donors (Lipinski definition) is 1. The maximum Gasteiger partial charge on any atom is 0.0540 e. The predicted molar refractivity (Wildman–Crippen MR) is 61.7 cm³/mol. The zero-order valence-corrected chi connectivity index (χ0v) is 9.95. The average Bonchev–Trinajstić information content (AvgIpc) is 2.44. The minimum absolute atomic E-state index is 0.525. The summed E-state index contributed by atoms with van der Waals surface area (Å²) >= 11 is 0. The fourth-order valence-electron chi connectivity index (χ4n) is 2.34. The van der Waals surface area contributed by atoms with Gasteiger partial charge in [-0.2, -0.15) is 5.10 Å². The van der Waals surface area contributed by atoms with Gasteiger partial charge in [0.05, 0.1) is 6.20 Å². The maximum absolute atomic E-state index is 4.34. The first-order valence-electron chi connectivity index (χ1n) is 5.96. The average molecular weight is 207 g/mol. The van der Waals surface area contributed by atoms with E-state index in [4.69, 9.17) is 0 Å². The van der Waals surface area contributed by atoms with Gasteiger partial charge in [-0.1, -0.05) is 13.3 Å². The van der Waals surface area contributed by atoms with E-state index >= 15 is 0 Å². The number of aromatic nitrogens is 2. The summed E-state index contributed by atoms with van der Waals surface area (Å²) in [6.07, 6.45) is 6.16. The molecule has 0 aliphatic heterocycles. The molecular formula is C12H21N3. The first kappa shape index (κ1) is 10.7. The third kappa shape index (κ3) is 1.93. The van der Waals surface area contributed by atoms with Gasteiger partial charge in [0.15, 0.2) is 0 Å². The highest BCUT2D eigenvalue weighted by Gasteiger charge is 2.29. The summed E-state index contributed by atoms with van der Waals surface area (Å²) in [5.74, 6) is 0.827. The predicted octanol–water partition coefficient (Wildman–Crippen LogP) is 2.18. The van der Waals surface area contributed by atoms with Crippen LogP contribution in [0, 0.1) is 12.8 Å². The van der Waals surface area contributed by atoms with Crippen molar-refractivity contribution in [2.45, 2.75) is 39.2 Å². The summed E-state index contributed by atoms with van der Waals surface area (Å²) in [7, 11) is 2.02. The lowest BCUT2D eigenvalue weighted by Crippen LogP contribution is -2.32. The van der Waals surface area contributed by atoms with E-state index in [1.165, 1.54) is 30.5 Å². The molecule has 0 aromatic carbocycles. The van der Waals surface area contributed by atoms with Crippen molar-refractivity contribution in [2.24, 2.45) is 13.0 Å². The van der Waals surface area contributed by atoms with Crippen LogP contribution < -0.4 is 5.32 Å². The third-order valence-electron chi connectivity index (χ3n) is 3.65. The summed E-state index contributed by atoms with van der Waals surface area (Å²) < 4.78 is 1.97. The molecule has 1 aromatic heterocycles. The largest absolute Gasteiger partial charge is 0.310 e. The van der Waals surface area contributed by atoms with Gasteiger partial charge in [0.1, 0.15) is 0 Å². The molecule has 0 spiro atoms. The molecular weight excluding hydrogens is 186 g/mol. The number of aryl methyl sites for hydroxylation is 1. The van der Waals surface area contributed by atoms with Crippen LogP contribution in [0.5, 0.6) is 0 Å². The summed E-state index contributed by atoms with van der Waals surface area (Å²) in [6.45, 7) is 5.37. The molecule has 0 radical (unpaired) electrons. The molecule has 1 aromatic rings. The van der Waals surface area contributed by atoms with Crippen molar-refractivity contribution in [1.29, 1.82) is 0 Å². The standard InChI is InChI=1S/C12H21N3/c1-4-13-12(10-6-5-7-10)11-8-14-15(3)9(11)2/h8,10,12-13H,4-7H2,1-3H3. The molecule has 84 valence electrons. The zero-order valence-electron chi connectivity index (χ0n) is 9.95. The molecule has 0 saturated heterocycles. The zero-order chi connectivity index (χ0) is 10.8. The highest BCUT2D eigenvalue weighted by molar-refractivity contribution is 5.22. The van der Waals surface area contributed by atoms with Crippen LogP contribution in [0.3, 0.4) is 0 Å². The molecule has 1 heterocycles.